The van der Waals surface area contributed by atoms with Crippen LogP contribution in [0, 0.1) is 5.92 Å². The summed E-state index contributed by atoms with van der Waals surface area (Å²) in [5.41, 5.74) is 0.808. The predicted molar refractivity (Wildman–Crippen MR) is 95.6 cm³/mol. The Balaban J connectivity index is 1.47. The number of hydrogen-bond acceptors (Lipinski definition) is 3. The molecule has 2 saturated heterocycles. The second-order valence-corrected chi connectivity index (χ2v) is 7.61. The average molecular weight is 363 g/mol. The van der Waals surface area contributed by atoms with E-state index in [1.807, 2.05) is 17.0 Å². The van der Waals surface area contributed by atoms with Crippen molar-refractivity contribution in [1.82, 2.24) is 4.90 Å². The fourth-order valence-corrected chi connectivity index (χ4v) is 4.47. The van der Waals surface area contributed by atoms with Gasteiger partial charge in [-0.05, 0) is 37.1 Å². The molecular weight excluding hydrogens is 340 g/mol. The number of benzene rings is 1. The summed E-state index contributed by atoms with van der Waals surface area (Å²) in [7, 11) is 0. The van der Waals surface area contributed by atoms with Gasteiger partial charge in [-0.25, -0.2) is 0 Å². The molecule has 0 N–H and O–H groups in total. The number of hydrogen-bond donors (Lipinski definition) is 0. The third kappa shape index (κ3) is 3.27. The molecule has 2 heterocycles. The minimum atomic E-state index is -0.260. The van der Waals surface area contributed by atoms with Crippen LogP contribution < -0.4 is 4.90 Å². The first kappa shape index (κ1) is 16.9. The van der Waals surface area contributed by atoms with Gasteiger partial charge in [0.05, 0.1) is 24.7 Å². The fourth-order valence-electron chi connectivity index (χ4n) is 4.35. The molecule has 3 fully saturated rings. The average Bonchev–Trinajstić information content (AvgIpc) is 3.03. The molecule has 3 unspecified atom stereocenters. The second-order valence-electron chi connectivity index (χ2n) is 7.17. The Morgan fingerprint density at radius 1 is 1.16 bits per heavy atom. The number of morpholine rings is 1. The van der Waals surface area contributed by atoms with Crippen LogP contribution in [0.25, 0.3) is 0 Å². The molecule has 134 valence electrons. The molecule has 1 aromatic rings. The number of fused-ring (bicyclic) bond motifs is 1. The normalized spacial score (nSPS) is 29.6. The summed E-state index contributed by atoms with van der Waals surface area (Å²) in [5.74, 6) is -0.136. The molecule has 1 saturated carbocycles. The molecule has 3 atom stereocenters. The van der Waals surface area contributed by atoms with Crippen molar-refractivity contribution in [2.45, 2.75) is 44.2 Å². The highest BCUT2D eigenvalue weighted by atomic mass is 35.5. The lowest BCUT2D eigenvalue weighted by Crippen LogP contribution is -2.56. The first-order valence-corrected chi connectivity index (χ1v) is 9.49. The quantitative estimate of drug-likeness (QED) is 0.812. The van der Waals surface area contributed by atoms with Gasteiger partial charge in [0.1, 0.15) is 0 Å². The van der Waals surface area contributed by atoms with Gasteiger partial charge in [-0.15, -0.1) is 0 Å². The number of ether oxygens (including phenoxy) is 1. The summed E-state index contributed by atoms with van der Waals surface area (Å²) >= 11 is 5.92. The van der Waals surface area contributed by atoms with Gasteiger partial charge in [0.15, 0.2) is 0 Å². The lowest BCUT2D eigenvalue weighted by Gasteiger charge is -2.44. The van der Waals surface area contributed by atoms with Gasteiger partial charge in [0.2, 0.25) is 11.8 Å². The molecule has 0 bridgehead atoms. The molecule has 2 amide bonds. The number of halogens is 1. The van der Waals surface area contributed by atoms with Crippen molar-refractivity contribution in [1.29, 1.82) is 0 Å². The van der Waals surface area contributed by atoms with Gasteiger partial charge in [-0.2, -0.15) is 0 Å². The van der Waals surface area contributed by atoms with Crippen LogP contribution in [-0.4, -0.2) is 48.6 Å². The first-order valence-electron chi connectivity index (χ1n) is 9.11. The van der Waals surface area contributed by atoms with Crippen LogP contribution in [-0.2, 0) is 14.3 Å². The fraction of sp³-hybridized carbons (Fsp3) is 0.579. The molecule has 0 aromatic heterocycles. The summed E-state index contributed by atoms with van der Waals surface area (Å²) < 4.78 is 5.86. The van der Waals surface area contributed by atoms with E-state index in [0.29, 0.717) is 24.7 Å². The van der Waals surface area contributed by atoms with E-state index in [2.05, 4.69) is 0 Å². The van der Waals surface area contributed by atoms with E-state index in [1.165, 1.54) is 6.42 Å². The van der Waals surface area contributed by atoms with Crippen LogP contribution >= 0.6 is 11.6 Å². The van der Waals surface area contributed by atoms with Crippen molar-refractivity contribution >= 4 is 29.1 Å². The van der Waals surface area contributed by atoms with E-state index in [9.17, 15) is 9.59 Å². The van der Waals surface area contributed by atoms with Crippen LogP contribution in [0.5, 0.6) is 0 Å². The minimum absolute atomic E-state index is 0.00845. The van der Waals surface area contributed by atoms with E-state index in [4.69, 9.17) is 16.3 Å². The smallest absolute Gasteiger partial charge is 0.228 e. The molecule has 4 rings (SSSR count). The zero-order valence-electron chi connectivity index (χ0n) is 14.2. The van der Waals surface area contributed by atoms with Gasteiger partial charge >= 0.3 is 0 Å². The molecule has 2 aliphatic heterocycles. The topological polar surface area (TPSA) is 49.9 Å². The van der Waals surface area contributed by atoms with E-state index in [-0.39, 0.29) is 36.3 Å². The molecule has 0 spiro atoms. The van der Waals surface area contributed by atoms with E-state index >= 15 is 0 Å². The highest BCUT2D eigenvalue weighted by Gasteiger charge is 2.42. The Morgan fingerprint density at radius 3 is 2.72 bits per heavy atom. The number of carbonyl (C=O) groups is 2. The van der Waals surface area contributed by atoms with Gasteiger partial charge in [0, 0.05) is 30.2 Å². The predicted octanol–water partition coefficient (Wildman–Crippen LogP) is 2.86. The lowest BCUT2D eigenvalue weighted by molar-refractivity contribution is -0.153. The van der Waals surface area contributed by atoms with Crippen LogP contribution in [0.4, 0.5) is 5.69 Å². The third-order valence-corrected chi connectivity index (χ3v) is 5.88. The van der Waals surface area contributed by atoms with Gasteiger partial charge in [0.25, 0.3) is 0 Å². The largest absolute Gasteiger partial charge is 0.374 e. The Hall–Kier alpha value is -1.59. The number of rotatable bonds is 2. The standard InChI is InChI=1S/C19H23ClN2O3/c20-14-5-7-15(8-6-14)22-12-13(11-18(22)23)19(24)21-9-10-25-17-4-2-1-3-16(17)21/h5-8,13,16-17H,1-4,9-12H2. The summed E-state index contributed by atoms with van der Waals surface area (Å²) in [5, 5.41) is 0.639. The minimum Gasteiger partial charge on any atom is -0.374 e. The van der Waals surface area contributed by atoms with E-state index < -0.39 is 0 Å². The van der Waals surface area contributed by atoms with Crippen LogP contribution in [0.2, 0.25) is 5.02 Å². The SMILES string of the molecule is O=C1CC(C(=O)N2CCOC3CCCCC32)CN1c1ccc(Cl)cc1. The maximum atomic E-state index is 13.1. The molecule has 3 aliphatic rings. The number of anilines is 1. The Bertz CT molecular complexity index is 661. The Labute approximate surface area is 152 Å². The second kappa shape index (κ2) is 6.96. The van der Waals surface area contributed by atoms with E-state index in [1.54, 1.807) is 17.0 Å². The molecule has 1 aromatic carbocycles. The zero-order valence-corrected chi connectivity index (χ0v) is 15.0. The molecule has 5 nitrogen and oxygen atoms in total. The van der Waals surface area contributed by atoms with E-state index in [0.717, 1.165) is 24.9 Å². The summed E-state index contributed by atoms with van der Waals surface area (Å²) in [6.45, 7) is 1.70. The molecule has 6 heteroatoms. The summed E-state index contributed by atoms with van der Waals surface area (Å²) in [6, 6.07) is 7.40. The van der Waals surface area contributed by atoms with Crippen molar-refractivity contribution in [3.05, 3.63) is 29.3 Å². The summed E-state index contributed by atoms with van der Waals surface area (Å²) in [6.07, 6.45) is 4.84. The first-order chi connectivity index (χ1) is 12.1. The monoisotopic (exact) mass is 362 g/mol. The van der Waals surface area contributed by atoms with Crippen LogP contribution in [0.1, 0.15) is 32.1 Å². The highest BCUT2D eigenvalue weighted by molar-refractivity contribution is 6.30. The number of amides is 2. The maximum Gasteiger partial charge on any atom is 0.228 e. The molecule has 0 radical (unpaired) electrons. The third-order valence-electron chi connectivity index (χ3n) is 5.63. The highest BCUT2D eigenvalue weighted by Crippen LogP contribution is 2.32. The number of carbonyl (C=O) groups excluding carboxylic acids is 2. The summed E-state index contributed by atoms with van der Waals surface area (Å²) in [4.78, 5) is 29.2. The van der Waals surface area contributed by atoms with Crippen LogP contribution in [0.15, 0.2) is 24.3 Å². The van der Waals surface area contributed by atoms with Crippen LogP contribution in [0.3, 0.4) is 0 Å². The van der Waals surface area contributed by atoms with Crippen molar-refractivity contribution in [3.8, 4) is 0 Å². The Morgan fingerprint density at radius 2 is 1.92 bits per heavy atom. The van der Waals surface area contributed by atoms with Crippen molar-refractivity contribution in [2.75, 3.05) is 24.6 Å². The molecule has 25 heavy (non-hydrogen) atoms. The van der Waals surface area contributed by atoms with Gasteiger partial charge < -0.3 is 14.5 Å². The van der Waals surface area contributed by atoms with Gasteiger partial charge in [-0.1, -0.05) is 24.4 Å². The maximum absolute atomic E-state index is 13.1. The Kier molecular flexibility index (Phi) is 4.69. The molecule has 1 aliphatic carbocycles. The molecular formula is C19H23ClN2O3. The van der Waals surface area contributed by atoms with Gasteiger partial charge in [-0.3, -0.25) is 9.59 Å². The van der Waals surface area contributed by atoms with Crippen molar-refractivity contribution < 1.29 is 14.3 Å². The van der Waals surface area contributed by atoms with Crippen molar-refractivity contribution in [3.63, 3.8) is 0 Å². The van der Waals surface area contributed by atoms with Crippen molar-refractivity contribution in [2.24, 2.45) is 5.92 Å². The zero-order chi connectivity index (χ0) is 17.4. The number of nitrogens with zero attached hydrogens (tertiary/aromatic N) is 2. The lowest BCUT2D eigenvalue weighted by atomic mass is 9.89.